The third-order valence-electron chi connectivity index (χ3n) is 3.43. The van der Waals surface area contributed by atoms with Crippen molar-refractivity contribution in [2.45, 2.75) is 32.6 Å². The lowest BCUT2D eigenvalue weighted by Crippen LogP contribution is -2.00. The van der Waals surface area contributed by atoms with Crippen LogP contribution in [-0.2, 0) is 12.8 Å². The summed E-state index contributed by atoms with van der Waals surface area (Å²) >= 11 is 1.69. The summed E-state index contributed by atoms with van der Waals surface area (Å²) in [7, 11) is 0. The maximum absolute atomic E-state index is 12.9. The van der Waals surface area contributed by atoms with E-state index in [9.17, 15) is 4.39 Å². The summed E-state index contributed by atoms with van der Waals surface area (Å²) in [6.07, 6.45) is 4.70. The molecule has 5 heteroatoms. The average Bonchev–Trinajstić information content (AvgIpc) is 2.88. The minimum absolute atomic E-state index is 0.234. The molecule has 1 aromatic carbocycles. The molecule has 3 nitrogen and oxygen atoms in total. The van der Waals surface area contributed by atoms with Crippen molar-refractivity contribution in [3.8, 4) is 0 Å². The molecule has 0 atom stereocenters. The average molecular weight is 289 g/mol. The summed E-state index contributed by atoms with van der Waals surface area (Å²) in [5.74, 6) is -0.234. The highest BCUT2D eigenvalue weighted by atomic mass is 32.1. The van der Waals surface area contributed by atoms with Crippen molar-refractivity contribution in [2.75, 3.05) is 5.43 Å². The van der Waals surface area contributed by atoms with E-state index in [4.69, 9.17) is 0 Å². The Morgan fingerprint density at radius 2 is 2.00 bits per heavy atom. The van der Waals surface area contributed by atoms with E-state index in [1.54, 1.807) is 23.5 Å². The molecule has 0 saturated heterocycles. The molecule has 0 saturated carbocycles. The largest absolute Gasteiger partial charge is 0.252 e. The summed E-state index contributed by atoms with van der Waals surface area (Å²) in [6, 6.07) is 6.33. The van der Waals surface area contributed by atoms with Crippen LogP contribution in [0.15, 0.2) is 29.4 Å². The van der Waals surface area contributed by atoms with Gasteiger partial charge in [0.25, 0.3) is 0 Å². The molecule has 2 aromatic rings. The van der Waals surface area contributed by atoms with Crippen LogP contribution >= 0.6 is 11.3 Å². The first-order valence-electron chi connectivity index (χ1n) is 6.77. The zero-order chi connectivity index (χ0) is 13.9. The molecular weight excluding hydrogens is 273 g/mol. The zero-order valence-electron chi connectivity index (χ0n) is 11.3. The molecule has 0 aliphatic heterocycles. The molecule has 104 valence electrons. The molecule has 1 heterocycles. The van der Waals surface area contributed by atoms with Crippen LogP contribution in [0.5, 0.6) is 0 Å². The first-order chi connectivity index (χ1) is 9.72. The van der Waals surface area contributed by atoms with E-state index in [2.05, 4.69) is 15.5 Å². The Morgan fingerprint density at radius 3 is 2.75 bits per heavy atom. The summed E-state index contributed by atoms with van der Waals surface area (Å²) < 4.78 is 12.9. The van der Waals surface area contributed by atoms with Gasteiger partial charge < -0.3 is 0 Å². The van der Waals surface area contributed by atoms with Gasteiger partial charge in [-0.1, -0.05) is 12.1 Å². The Bertz CT molecular complexity index is 608. The number of anilines is 1. The second kappa shape index (κ2) is 5.71. The molecule has 1 N–H and O–H groups in total. The highest BCUT2D eigenvalue weighted by Crippen LogP contribution is 2.29. The predicted octanol–water partition coefficient (Wildman–Crippen LogP) is 4.00. The van der Waals surface area contributed by atoms with Crippen molar-refractivity contribution >= 4 is 22.2 Å². The predicted molar refractivity (Wildman–Crippen MR) is 81.0 cm³/mol. The van der Waals surface area contributed by atoms with Gasteiger partial charge in [0.1, 0.15) is 5.82 Å². The smallest absolute Gasteiger partial charge is 0.203 e. The third kappa shape index (κ3) is 2.88. The fraction of sp³-hybridized carbons (Fsp3) is 0.333. The van der Waals surface area contributed by atoms with E-state index in [-0.39, 0.29) is 5.82 Å². The number of aryl methyl sites for hydroxylation is 2. The number of hydrazone groups is 1. The summed E-state index contributed by atoms with van der Waals surface area (Å²) in [5.41, 5.74) is 5.96. The Balaban J connectivity index is 1.72. The molecular formula is C15H16FN3S. The fourth-order valence-electron chi connectivity index (χ4n) is 2.29. The van der Waals surface area contributed by atoms with Gasteiger partial charge in [0, 0.05) is 4.88 Å². The molecule has 3 rings (SSSR count). The second-order valence-electron chi connectivity index (χ2n) is 4.91. The van der Waals surface area contributed by atoms with E-state index in [1.165, 1.54) is 35.5 Å². The van der Waals surface area contributed by atoms with E-state index in [1.807, 2.05) is 6.92 Å². The molecule has 0 amide bonds. The highest BCUT2D eigenvalue weighted by Gasteiger charge is 2.14. The van der Waals surface area contributed by atoms with Crippen molar-refractivity contribution in [1.29, 1.82) is 0 Å². The number of halogens is 1. The molecule has 0 fully saturated rings. The van der Waals surface area contributed by atoms with Gasteiger partial charge in [-0.05, 0) is 50.3 Å². The van der Waals surface area contributed by atoms with Crippen LogP contribution in [0, 0.1) is 5.82 Å². The number of benzene rings is 1. The second-order valence-corrected chi connectivity index (χ2v) is 6.00. The molecule has 0 unspecified atom stereocenters. The first kappa shape index (κ1) is 13.2. The topological polar surface area (TPSA) is 37.3 Å². The van der Waals surface area contributed by atoms with Crippen molar-refractivity contribution in [3.63, 3.8) is 0 Å². The number of thiazole rings is 1. The summed E-state index contributed by atoms with van der Waals surface area (Å²) in [4.78, 5) is 5.95. The van der Waals surface area contributed by atoms with Crippen molar-refractivity contribution in [2.24, 2.45) is 5.10 Å². The Hall–Kier alpha value is -1.75. The van der Waals surface area contributed by atoms with E-state index < -0.39 is 0 Å². The van der Waals surface area contributed by atoms with Crippen LogP contribution in [0.1, 0.15) is 35.9 Å². The van der Waals surface area contributed by atoms with Gasteiger partial charge in [-0.2, -0.15) is 5.10 Å². The zero-order valence-corrected chi connectivity index (χ0v) is 12.1. The number of nitrogens with one attached hydrogen (secondary N) is 1. The van der Waals surface area contributed by atoms with E-state index in [0.717, 1.165) is 29.2 Å². The normalized spacial score (nSPS) is 15.0. The van der Waals surface area contributed by atoms with Crippen LogP contribution in [0.2, 0.25) is 0 Å². The molecule has 1 aliphatic carbocycles. The van der Waals surface area contributed by atoms with Gasteiger partial charge in [-0.3, -0.25) is 5.43 Å². The maximum Gasteiger partial charge on any atom is 0.203 e. The monoisotopic (exact) mass is 289 g/mol. The molecule has 20 heavy (non-hydrogen) atoms. The quantitative estimate of drug-likeness (QED) is 0.685. The van der Waals surface area contributed by atoms with Crippen LogP contribution in [0.3, 0.4) is 0 Å². The van der Waals surface area contributed by atoms with Crippen LogP contribution in [0.4, 0.5) is 9.52 Å². The van der Waals surface area contributed by atoms with Gasteiger partial charge in [0.15, 0.2) is 0 Å². The van der Waals surface area contributed by atoms with Crippen molar-refractivity contribution < 1.29 is 4.39 Å². The number of fused-ring (bicyclic) bond motifs is 1. The number of hydrogen-bond acceptors (Lipinski definition) is 4. The number of hydrogen-bond donors (Lipinski definition) is 1. The van der Waals surface area contributed by atoms with Crippen molar-refractivity contribution in [1.82, 2.24) is 4.98 Å². The lowest BCUT2D eigenvalue weighted by molar-refractivity contribution is 0.628. The molecule has 1 aromatic heterocycles. The number of nitrogens with zero attached hydrogens (tertiary/aromatic N) is 2. The number of aromatic nitrogens is 1. The number of rotatable bonds is 3. The Kier molecular flexibility index (Phi) is 3.78. The first-order valence-corrected chi connectivity index (χ1v) is 7.59. The maximum atomic E-state index is 12.9. The van der Waals surface area contributed by atoms with E-state index >= 15 is 0 Å². The Morgan fingerprint density at radius 1 is 1.25 bits per heavy atom. The van der Waals surface area contributed by atoms with Gasteiger partial charge in [-0.25, -0.2) is 9.37 Å². The summed E-state index contributed by atoms with van der Waals surface area (Å²) in [5, 5.41) is 5.18. The third-order valence-corrected chi connectivity index (χ3v) is 4.49. The molecule has 0 radical (unpaired) electrons. The fourth-order valence-corrected chi connectivity index (χ4v) is 3.28. The molecule has 0 spiro atoms. The van der Waals surface area contributed by atoms with Gasteiger partial charge in [0.2, 0.25) is 5.13 Å². The summed E-state index contributed by atoms with van der Waals surface area (Å²) in [6.45, 7) is 1.90. The van der Waals surface area contributed by atoms with E-state index in [0.29, 0.717) is 0 Å². The van der Waals surface area contributed by atoms with Gasteiger partial charge in [-0.15, -0.1) is 11.3 Å². The molecule has 1 aliphatic rings. The Labute approximate surface area is 121 Å². The van der Waals surface area contributed by atoms with Crippen molar-refractivity contribution in [3.05, 3.63) is 46.2 Å². The minimum Gasteiger partial charge on any atom is -0.252 e. The lowest BCUT2D eigenvalue weighted by atomic mass is 10.0. The van der Waals surface area contributed by atoms with Crippen LogP contribution in [0.25, 0.3) is 0 Å². The minimum atomic E-state index is -0.234. The van der Waals surface area contributed by atoms with Gasteiger partial charge in [0.05, 0.1) is 11.4 Å². The molecule has 0 bridgehead atoms. The SMILES string of the molecule is C/C(=N/Nc1nc2c(s1)CCCC2)c1ccc(F)cc1. The standard InChI is InChI=1S/C15H16FN3S/c1-10(11-6-8-12(16)9-7-11)18-19-15-17-13-4-2-3-5-14(13)20-15/h6-9H,2-5H2,1H3,(H,17,19)/b18-10-. The highest BCUT2D eigenvalue weighted by molar-refractivity contribution is 7.15. The van der Waals surface area contributed by atoms with Gasteiger partial charge >= 0.3 is 0 Å². The lowest BCUT2D eigenvalue weighted by Gasteiger charge is -2.06. The van der Waals surface area contributed by atoms with Crippen LogP contribution < -0.4 is 5.43 Å². The van der Waals surface area contributed by atoms with Crippen LogP contribution in [-0.4, -0.2) is 10.7 Å².